The Morgan fingerprint density at radius 2 is 1.23 bits per heavy atom. The van der Waals surface area contributed by atoms with Crippen LogP contribution in [0.4, 0.5) is 11.4 Å². The molecule has 2 rings (SSSR count). The third-order valence-electron chi connectivity index (χ3n) is 3.66. The summed E-state index contributed by atoms with van der Waals surface area (Å²) in [4.78, 5) is 49.3. The fourth-order valence-electron chi connectivity index (χ4n) is 2.58. The van der Waals surface area contributed by atoms with Crippen LogP contribution in [0.3, 0.4) is 0 Å². The molecular formula is C16H20N4O6. The molecule has 1 aromatic carbocycles. The molecule has 1 aromatic rings. The first-order chi connectivity index (χ1) is 12.3. The van der Waals surface area contributed by atoms with Crippen molar-refractivity contribution in [2.24, 2.45) is 0 Å². The van der Waals surface area contributed by atoms with Crippen molar-refractivity contribution in [1.82, 2.24) is 9.80 Å². The Hall–Kier alpha value is -2.98. The zero-order chi connectivity index (χ0) is 19.1. The molecule has 140 valence electrons. The van der Waals surface area contributed by atoms with Crippen molar-refractivity contribution in [3.05, 3.63) is 24.3 Å². The summed E-state index contributed by atoms with van der Waals surface area (Å²) >= 11 is 0. The maximum Gasteiger partial charge on any atom is 0.317 e. The van der Waals surface area contributed by atoms with Gasteiger partial charge in [0.05, 0.1) is 37.6 Å². The van der Waals surface area contributed by atoms with E-state index in [1.807, 2.05) is 0 Å². The van der Waals surface area contributed by atoms with Crippen LogP contribution in [-0.4, -0.2) is 83.0 Å². The number of aliphatic carboxylic acids is 2. The van der Waals surface area contributed by atoms with Crippen LogP contribution < -0.4 is 10.6 Å². The summed E-state index contributed by atoms with van der Waals surface area (Å²) in [5.41, 5.74) is 0.762. The molecule has 2 amide bonds. The van der Waals surface area contributed by atoms with Gasteiger partial charge in [0.15, 0.2) is 0 Å². The van der Waals surface area contributed by atoms with E-state index in [1.54, 1.807) is 24.3 Å². The molecule has 10 heteroatoms. The predicted octanol–water partition coefficient (Wildman–Crippen LogP) is -0.650. The second-order valence-electron chi connectivity index (χ2n) is 5.85. The zero-order valence-electron chi connectivity index (χ0n) is 14.0. The normalized spacial score (nSPS) is 17.2. The number of rotatable bonds is 4. The number of carbonyl (C=O) groups excluding carboxylic acids is 2. The number of para-hydroxylation sites is 2. The number of hydrogen-bond acceptors (Lipinski definition) is 6. The summed E-state index contributed by atoms with van der Waals surface area (Å²) < 4.78 is 0. The highest BCUT2D eigenvalue weighted by Crippen LogP contribution is 2.21. The van der Waals surface area contributed by atoms with Gasteiger partial charge in [0.25, 0.3) is 0 Å². The Morgan fingerprint density at radius 3 is 1.58 bits per heavy atom. The quantitative estimate of drug-likeness (QED) is 0.553. The Labute approximate surface area is 149 Å². The minimum absolute atomic E-state index is 0.127. The van der Waals surface area contributed by atoms with Crippen molar-refractivity contribution in [3.8, 4) is 0 Å². The Balaban J connectivity index is 2.26. The lowest BCUT2D eigenvalue weighted by molar-refractivity contribution is -0.140. The Morgan fingerprint density at radius 1 is 0.846 bits per heavy atom. The molecule has 0 fully saturated rings. The predicted molar refractivity (Wildman–Crippen MR) is 91.9 cm³/mol. The Kier molecular flexibility index (Phi) is 6.64. The van der Waals surface area contributed by atoms with Crippen molar-refractivity contribution in [1.29, 1.82) is 0 Å². The van der Waals surface area contributed by atoms with Crippen LogP contribution in [0.25, 0.3) is 0 Å². The number of nitrogens with one attached hydrogen (secondary N) is 2. The number of fused-ring (bicyclic) bond motifs is 1. The molecule has 10 nitrogen and oxygen atoms in total. The maximum atomic E-state index is 12.2. The lowest BCUT2D eigenvalue weighted by Crippen LogP contribution is -2.45. The van der Waals surface area contributed by atoms with E-state index in [9.17, 15) is 19.2 Å². The SMILES string of the molecule is O=C(O)CN1CCN(CC(=O)O)CC(=O)Nc2ccccc2NC(=O)C1. The average molecular weight is 364 g/mol. The zero-order valence-corrected chi connectivity index (χ0v) is 14.0. The summed E-state index contributed by atoms with van der Waals surface area (Å²) in [5, 5.41) is 23.3. The van der Waals surface area contributed by atoms with Crippen molar-refractivity contribution in [2.75, 3.05) is 49.9 Å². The highest BCUT2D eigenvalue weighted by Gasteiger charge is 2.21. The summed E-state index contributed by atoms with van der Waals surface area (Å²) in [6, 6.07) is 6.58. The molecule has 1 aliphatic heterocycles. The molecule has 0 aromatic heterocycles. The van der Waals surface area contributed by atoms with Gasteiger partial charge in [-0.2, -0.15) is 0 Å². The van der Waals surface area contributed by atoms with Crippen LogP contribution in [0, 0.1) is 0 Å². The lowest BCUT2D eigenvalue weighted by atomic mass is 10.2. The average Bonchev–Trinajstić information content (AvgIpc) is 2.52. The van der Waals surface area contributed by atoms with Gasteiger partial charge in [-0.25, -0.2) is 0 Å². The minimum atomic E-state index is -1.10. The van der Waals surface area contributed by atoms with Crippen molar-refractivity contribution in [3.63, 3.8) is 0 Å². The van der Waals surface area contributed by atoms with Crippen LogP contribution >= 0.6 is 0 Å². The van der Waals surface area contributed by atoms with Gasteiger partial charge < -0.3 is 20.8 Å². The molecule has 0 unspecified atom stereocenters. The Bertz CT molecular complexity index is 649. The van der Waals surface area contributed by atoms with Gasteiger partial charge >= 0.3 is 11.9 Å². The summed E-state index contributed by atoms with van der Waals surface area (Å²) in [6.07, 6.45) is 0. The number of nitrogens with zero attached hydrogens (tertiary/aromatic N) is 2. The number of hydrogen-bond donors (Lipinski definition) is 4. The highest BCUT2D eigenvalue weighted by molar-refractivity contribution is 6.00. The lowest BCUT2D eigenvalue weighted by Gasteiger charge is -2.26. The smallest absolute Gasteiger partial charge is 0.317 e. The second-order valence-corrected chi connectivity index (χ2v) is 5.85. The van der Waals surface area contributed by atoms with Gasteiger partial charge in [-0.05, 0) is 12.1 Å². The molecule has 0 aliphatic carbocycles. The van der Waals surface area contributed by atoms with E-state index in [0.29, 0.717) is 11.4 Å². The van der Waals surface area contributed by atoms with Crippen LogP contribution in [0.5, 0.6) is 0 Å². The van der Waals surface area contributed by atoms with Gasteiger partial charge in [-0.15, -0.1) is 0 Å². The van der Waals surface area contributed by atoms with E-state index >= 15 is 0 Å². The highest BCUT2D eigenvalue weighted by atomic mass is 16.4. The van der Waals surface area contributed by atoms with E-state index < -0.39 is 23.8 Å². The number of amides is 2. The molecule has 1 aliphatic rings. The monoisotopic (exact) mass is 364 g/mol. The number of carboxylic acid groups (broad SMARTS) is 2. The van der Waals surface area contributed by atoms with Gasteiger partial charge in [-0.3, -0.25) is 29.0 Å². The van der Waals surface area contributed by atoms with E-state index in [-0.39, 0.29) is 39.3 Å². The van der Waals surface area contributed by atoms with Crippen molar-refractivity contribution >= 4 is 35.1 Å². The summed E-state index contributed by atoms with van der Waals surface area (Å²) in [5.74, 6) is -3.07. The van der Waals surface area contributed by atoms with Gasteiger partial charge in [0.2, 0.25) is 11.8 Å². The maximum absolute atomic E-state index is 12.2. The van der Waals surface area contributed by atoms with Crippen LogP contribution in [0.2, 0.25) is 0 Å². The second kappa shape index (κ2) is 8.92. The molecule has 0 saturated heterocycles. The topological polar surface area (TPSA) is 139 Å². The van der Waals surface area contributed by atoms with E-state index in [4.69, 9.17) is 10.2 Å². The molecular weight excluding hydrogens is 344 g/mol. The molecule has 4 N–H and O–H groups in total. The fraction of sp³-hybridized carbons (Fsp3) is 0.375. The van der Waals surface area contributed by atoms with Crippen LogP contribution in [0.15, 0.2) is 24.3 Å². The number of carboxylic acids is 2. The van der Waals surface area contributed by atoms with Gasteiger partial charge in [-0.1, -0.05) is 12.1 Å². The van der Waals surface area contributed by atoms with E-state index in [1.165, 1.54) is 9.80 Å². The van der Waals surface area contributed by atoms with E-state index in [2.05, 4.69) is 10.6 Å². The number of benzene rings is 1. The first-order valence-corrected chi connectivity index (χ1v) is 7.90. The largest absolute Gasteiger partial charge is 0.480 e. The standard InChI is InChI=1S/C16H20N4O6/c21-13-7-19(9-15(23)24)5-6-20(10-16(25)26)8-14(22)18-12-4-2-1-3-11(12)17-13/h1-4H,5-10H2,(H,17,21)(H,18,22)(H,23,24)(H,25,26). The van der Waals surface area contributed by atoms with Crippen LogP contribution in [-0.2, 0) is 19.2 Å². The van der Waals surface area contributed by atoms with Crippen molar-refractivity contribution < 1.29 is 29.4 Å². The summed E-state index contributed by atoms with van der Waals surface area (Å²) in [7, 11) is 0. The van der Waals surface area contributed by atoms with Gasteiger partial charge in [0, 0.05) is 13.1 Å². The third kappa shape index (κ3) is 6.15. The first-order valence-electron chi connectivity index (χ1n) is 7.90. The van der Waals surface area contributed by atoms with Crippen molar-refractivity contribution in [2.45, 2.75) is 0 Å². The van der Waals surface area contributed by atoms with Gasteiger partial charge in [0.1, 0.15) is 0 Å². The molecule has 0 bridgehead atoms. The van der Waals surface area contributed by atoms with Crippen LogP contribution in [0.1, 0.15) is 0 Å². The fourth-order valence-corrected chi connectivity index (χ4v) is 2.58. The summed E-state index contributed by atoms with van der Waals surface area (Å²) in [6.45, 7) is -0.834. The van der Waals surface area contributed by atoms with E-state index in [0.717, 1.165) is 0 Å². The first kappa shape index (κ1) is 19.3. The minimum Gasteiger partial charge on any atom is -0.480 e. The number of anilines is 2. The molecule has 0 spiro atoms. The third-order valence-corrected chi connectivity index (χ3v) is 3.66. The molecule has 0 atom stereocenters. The molecule has 26 heavy (non-hydrogen) atoms. The molecule has 0 radical (unpaired) electrons. The number of carbonyl (C=O) groups is 4. The molecule has 0 saturated carbocycles. The molecule has 1 heterocycles.